The first-order chi connectivity index (χ1) is 17.4. The van der Waals surface area contributed by atoms with Gasteiger partial charge >= 0.3 is 0 Å². The van der Waals surface area contributed by atoms with E-state index in [1.165, 1.54) is 33.5 Å². The highest BCUT2D eigenvalue weighted by molar-refractivity contribution is 7.80. The summed E-state index contributed by atoms with van der Waals surface area (Å²) in [5, 5.41) is 9.28. The maximum absolute atomic E-state index is 12.7. The smallest absolute Gasteiger partial charge is 0.291 e. The zero-order valence-electron chi connectivity index (χ0n) is 19.7. The van der Waals surface area contributed by atoms with Gasteiger partial charge in [-0.2, -0.15) is 0 Å². The fraction of sp³-hybridized carbons (Fsp3) is 0.115. The summed E-state index contributed by atoms with van der Waals surface area (Å²) >= 11 is 5.27. The number of rotatable bonds is 7. The topological polar surface area (TPSA) is 111 Å². The van der Waals surface area contributed by atoms with Crippen molar-refractivity contribution in [1.82, 2.24) is 5.32 Å². The first-order valence-corrected chi connectivity index (χ1v) is 11.1. The zero-order chi connectivity index (χ0) is 25.7. The minimum absolute atomic E-state index is 0.0906. The minimum atomic E-state index is -0.457. The van der Waals surface area contributed by atoms with E-state index in [1.54, 1.807) is 36.4 Å². The van der Waals surface area contributed by atoms with E-state index in [-0.39, 0.29) is 22.3 Å². The van der Waals surface area contributed by atoms with Crippen LogP contribution in [-0.4, -0.2) is 38.3 Å². The molecule has 3 aromatic carbocycles. The lowest BCUT2D eigenvalue weighted by molar-refractivity contribution is 0.0974. The SMILES string of the molecule is COc1cc(C(=O)NC(=S)Nc2ccc(NC(=O)c3cc4ccccc4o3)cc2)cc(OC)c1OC. The standard InChI is InChI=1S/C26H23N3O6S/c1-32-20-13-16(14-21(33-2)23(20)34-3)24(30)29-26(36)28-18-10-8-17(9-11-18)27-25(31)22-12-15-6-4-5-7-19(15)35-22/h4-14H,1-3H3,(H,27,31)(H2,28,29,30,36). The Hall–Kier alpha value is -4.57. The Bertz CT molecular complexity index is 1370. The van der Waals surface area contributed by atoms with E-state index in [0.29, 0.717) is 34.2 Å². The fourth-order valence-electron chi connectivity index (χ4n) is 3.47. The third kappa shape index (κ3) is 5.39. The molecule has 0 saturated heterocycles. The first kappa shape index (κ1) is 24.6. The highest BCUT2D eigenvalue weighted by atomic mass is 32.1. The summed E-state index contributed by atoms with van der Waals surface area (Å²) in [6, 6.07) is 19.0. The molecular weight excluding hydrogens is 482 g/mol. The van der Waals surface area contributed by atoms with Crippen LogP contribution >= 0.6 is 12.2 Å². The molecule has 2 amide bonds. The van der Waals surface area contributed by atoms with Gasteiger partial charge in [0, 0.05) is 22.3 Å². The van der Waals surface area contributed by atoms with Crippen molar-refractivity contribution in [2.75, 3.05) is 32.0 Å². The van der Waals surface area contributed by atoms with Crippen LogP contribution < -0.4 is 30.2 Å². The van der Waals surface area contributed by atoms with Gasteiger partial charge in [-0.25, -0.2) is 0 Å². The molecule has 0 fully saturated rings. The average Bonchev–Trinajstić information content (AvgIpc) is 3.33. The second-order valence-corrected chi connectivity index (χ2v) is 7.91. The fourth-order valence-corrected chi connectivity index (χ4v) is 3.68. The van der Waals surface area contributed by atoms with E-state index in [9.17, 15) is 9.59 Å². The van der Waals surface area contributed by atoms with Crippen LogP contribution in [0.4, 0.5) is 11.4 Å². The van der Waals surface area contributed by atoms with Crippen molar-refractivity contribution < 1.29 is 28.2 Å². The molecule has 1 aromatic heterocycles. The molecule has 3 N–H and O–H groups in total. The minimum Gasteiger partial charge on any atom is -0.493 e. The molecule has 0 aliphatic rings. The summed E-state index contributed by atoms with van der Waals surface area (Å²) < 4.78 is 21.4. The van der Waals surface area contributed by atoms with E-state index in [2.05, 4.69) is 16.0 Å². The number of ether oxygens (including phenoxy) is 3. The van der Waals surface area contributed by atoms with Crippen molar-refractivity contribution in [1.29, 1.82) is 0 Å². The second-order valence-electron chi connectivity index (χ2n) is 7.50. The van der Waals surface area contributed by atoms with Gasteiger partial charge in [0.1, 0.15) is 5.58 Å². The lowest BCUT2D eigenvalue weighted by Crippen LogP contribution is -2.34. The molecule has 0 saturated carbocycles. The van der Waals surface area contributed by atoms with Crippen LogP contribution in [0.15, 0.2) is 71.1 Å². The number of methoxy groups -OCH3 is 3. The number of thiocarbonyl (C=S) groups is 1. The molecule has 0 unspecified atom stereocenters. The molecule has 36 heavy (non-hydrogen) atoms. The number of furan rings is 1. The average molecular weight is 506 g/mol. The van der Waals surface area contributed by atoms with Crippen molar-refractivity contribution >= 4 is 51.5 Å². The molecule has 0 atom stereocenters. The Morgan fingerprint density at radius 1 is 0.778 bits per heavy atom. The van der Waals surface area contributed by atoms with Crippen LogP contribution in [0.25, 0.3) is 11.0 Å². The third-order valence-electron chi connectivity index (χ3n) is 5.20. The van der Waals surface area contributed by atoms with Gasteiger partial charge in [0.05, 0.1) is 21.3 Å². The Labute approximate surface area is 212 Å². The van der Waals surface area contributed by atoms with Gasteiger partial charge in [-0.15, -0.1) is 0 Å². The molecule has 4 rings (SSSR count). The Morgan fingerprint density at radius 3 is 1.97 bits per heavy atom. The molecule has 10 heteroatoms. The van der Waals surface area contributed by atoms with Crippen molar-refractivity contribution in [3.63, 3.8) is 0 Å². The molecule has 184 valence electrons. The summed E-state index contributed by atoms with van der Waals surface area (Å²) in [5.74, 6) is 0.475. The highest BCUT2D eigenvalue weighted by Gasteiger charge is 2.18. The van der Waals surface area contributed by atoms with Crippen LogP contribution in [0.1, 0.15) is 20.9 Å². The Kier molecular flexibility index (Phi) is 7.36. The molecular formula is C26H23N3O6S. The molecule has 0 bridgehead atoms. The van der Waals surface area contributed by atoms with Gasteiger partial charge in [0.2, 0.25) is 5.75 Å². The molecule has 0 spiro atoms. The van der Waals surface area contributed by atoms with Crippen LogP contribution in [-0.2, 0) is 0 Å². The van der Waals surface area contributed by atoms with Gasteiger partial charge in [0.25, 0.3) is 11.8 Å². The number of benzene rings is 3. The van der Waals surface area contributed by atoms with Gasteiger partial charge < -0.3 is 29.3 Å². The van der Waals surface area contributed by atoms with Crippen LogP contribution in [0.5, 0.6) is 17.2 Å². The lowest BCUT2D eigenvalue weighted by atomic mass is 10.1. The van der Waals surface area contributed by atoms with Crippen molar-refractivity contribution in [3.8, 4) is 17.2 Å². The summed E-state index contributed by atoms with van der Waals surface area (Å²) in [6.07, 6.45) is 0. The molecule has 9 nitrogen and oxygen atoms in total. The number of anilines is 2. The molecule has 0 radical (unpaired) electrons. The maximum Gasteiger partial charge on any atom is 0.291 e. The molecule has 0 aliphatic carbocycles. The van der Waals surface area contributed by atoms with Gasteiger partial charge in [-0.3, -0.25) is 14.9 Å². The second kappa shape index (κ2) is 10.8. The third-order valence-corrected chi connectivity index (χ3v) is 5.41. The van der Waals surface area contributed by atoms with Crippen LogP contribution in [0.2, 0.25) is 0 Å². The number of hydrogen-bond acceptors (Lipinski definition) is 7. The summed E-state index contributed by atoms with van der Waals surface area (Å²) in [5.41, 5.74) is 2.10. The molecule has 0 aliphatic heterocycles. The largest absolute Gasteiger partial charge is 0.493 e. The molecule has 4 aromatic rings. The number of carbonyl (C=O) groups excluding carboxylic acids is 2. The van der Waals surface area contributed by atoms with Crippen molar-refractivity contribution in [3.05, 3.63) is 78.1 Å². The van der Waals surface area contributed by atoms with E-state index in [1.807, 2.05) is 18.2 Å². The highest BCUT2D eigenvalue weighted by Crippen LogP contribution is 2.38. The van der Waals surface area contributed by atoms with Crippen molar-refractivity contribution in [2.45, 2.75) is 0 Å². The lowest BCUT2D eigenvalue weighted by Gasteiger charge is -2.14. The normalized spacial score (nSPS) is 10.4. The number of hydrogen-bond donors (Lipinski definition) is 3. The quantitative estimate of drug-likeness (QED) is 0.306. The number of nitrogens with one attached hydrogen (secondary N) is 3. The Morgan fingerprint density at radius 2 is 1.39 bits per heavy atom. The Balaban J connectivity index is 1.37. The van der Waals surface area contributed by atoms with Gasteiger partial charge in [-0.05, 0) is 60.7 Å². The first-order valence-electron chi connectivity index (χ1n) is 10.7. The monoisotopic (exact) mass is 505 g/mol. The van der Waals surface area contributed by atoms with E-state index in [0.717, 1.165) is 5.39 Å². The van der Waals surface area contributed by atoms with Crippen LogP contribution in [0, 0.1) is 0 Å². The number of carbonyl (C=O) groups is 2. The van der Waals surface area contributed by atoms with Gasteiger partial charge in [0.15, 0.2) is 22.4 Å². The zero-order valence-corrected chi connectivity index (χ0v) is 20.5. The molecule has 1 heterocycles. The summed E-state index contributed by atoms with van der Waals surface area (Å²) in [6.45, 7) is 0. The van der Waals surface area contributed by atoms with E-state index < -0.39 is 5.91 Å². The van der Waals surface area contributed by atoms with E-state index in [4.69, 9.17) is 30.8 Å². The maximum atomic E-state index is 12.7. The number of fused-ring (bicyclic) bond motifs is 1. The number of amides is 2. The predicted molar refractivity (Wildman–Crippen MR) is 140 cm³/mol. The summed E-state index contributed by atoms with van der Waals surface area (Å²) in [7, 11) is 4.41. The number of para-hydroxylation sites is 1. The van der Waals surface area contributed by atoms with Crippen molar-refractivity contribution in [2.24, 2.45) is 0 Å². The van der Waals surface area contributed by atoms with E-state index >= 15 is 0 Å². The van der Waals surface area contributed by atoms with Gasteiger partial charge in [-0.1, -0.05) is 18.2 Å². The summed E-state index contributed by atoms with van der Waals surface area (Å²) in [4.78, 5) is 25.2. The predicted octanol–water partition coefficient (Wildman–Crippen LogP) is 4.84. The van der Waals surface area contributed by atoms with Crippen LogP contribution in [0.3, 0.4) is 0 Å².